The molecule has 0 amide bonds. The number of aromatic nitrogens is 3. The molecule has 6 heteroatoms. The van der Waals surface area contributed by atoms with E-state index in [-0.39, 0.29) is 5.78 Å². The Kier molecular flexibility index (Phi) is 5.10. The van der Waals surface area contributed by atoms with Crippen molar-refractivity contribution in [3.8, 4) is 0 Å². The van der Waals surface area contributed by atoms with Crippen LogP contribution in [-0.2, 0) is 24.8 Å². The van der Waals surface area contributed by atoms with Crippen molar-refractivity contribution in [2.24, 2.45) is 7.05 Å². The normalized spacial score (nSPS) is 18.3. The number of hydrogen-bond donors (Lipinski definition) is 0. The SMILES string of the molecule is CC(=O)Cc1ncc(CN2CCCC(c3cc4c(ccn4C)nc3C)C2)s1. The predicted octanol–water partition coefficient (Wildman–Crippen LogP) is 3.85. The third-order valence-corrected chi connectivity index (χ3v) is 6.41. The maximum Gasteiger partial charge on any atom is 0.136 e. The highest BCUT2D eigenvalue weighted by atomic mass is 32.1. The molecule has 1 atom stereocenters. The first kappa shape index (κ1) is 18.3. The topological polar surface area (TPSA) is 51.0 Å². The van der Waals surface area contributed by atoms with E-state index in [4.69, 9.17) is 4.98 Å². The van der Waals surface area contributed by atoms with Gasteiger partial charge >= 0.3 is 0 Å². The third kappa shape index (κ3) is 3.96. The molecule has 0 spiro atoms. The minimum absolute atomic E-state index is 0.174. The van der Waals surface area contributed by atoms with Gasteiger partial charge in [0.1, 0.15) is 10.8 Å². The summed E-state index contributed by atoms with van der Waals surface area (Å²) in [7, 11) is 2.08. The van der Waals surface area contributed by atoms with E-state index in [1.807, 2.05) is 6.20 Å². The summed E-state index contributed by atoms with van der Waals surface area (Å²) in [5.74, 6) is 0.697. The second kappa shape index (κ2) is 7.52. The van der Waals surface area contributed by atoms with Crippen LogP contribution in [0.25, 0.3) is 11.0 Å². The lowest BCUT2D eigenvalue weighted by molar-refractivity contribution is -0.116. The Balaban J connectivity index is 1.49. The minimum atomic E-state index is 0.174. The number of rotatable bonds is 5. The largest absolute Gasteiger partial charge is 0.349 e. The Morgan fingerprint density at radius 2 is 2.26 bits per heavy atom. The Morgan fingerprint density at radius 3 is 3.07 bits per heavy atom. The maximum atomic E-state index is 11.3. The monoisotopic (exact) mass is 382 g/mol. The molecular weight excluding hydrogens is 356 g/mol. The molecule has 142 valence electrons. The molecule has 0 aromatic carbocycles. The van der Waals surface area contributed by atoms with Crippen molar-refractivity contribution < 1.29 is 4.79 Å². The van der Waals surface area contributed by atoms with Crippen LogP contribution in [-0.4, -0.2) is 38.3 Å². The molecule has 0 bridgehead atoms. The van der Waals surface area contributed by atoms with E-state index in [0.29, 0.717) is 12.3 Å². The summed E-state index contributed by atoms with van der Waals surface area (Å²) >= 11 is 1.67. The zero-order valence-electron chi connectivity index (χ0n) is 16.2. The van der Waals surface area contributed by atoms with Gasteiger partial charge in [-0.2, -0.15) is 0 Å². The van der Waals surface area contributed by atoms with E-state index < -0.39 is 0 Å². The zero-order valence-corrected chi connectivity index (χ0v) is 17.1. The first-order valence-electron chi connectivity index (χ1n) is 9.57. The van der Waals surface area contributed by atoms with Crippen LogP contribution in [0, 0.1) is 6.92 Å². The molecule has 1 fully saturated rings. The molecule has 1 saturated heterocycles. The van der Waals surface area contributed by atoms with Crippen LogP contribution in [0.1, 0.15) is 46.8 Å². The zero-order chi connectivity index (χ0) is 19.0. The van der Waals surface area contributed by atoms with Crippen LogP contribution in [0.2, 0.25) is 0 Å². The molecule has 0 N–H and O–H groups in total. The van der Waals surface area contributed by atoms with Gasteiger partial charge in [-0.05, 0) is 56.8 Å². The van der Waals surface area contributed by atoms with Gasteiger partial charge in [0.2, 0.25) is 0 Å². The Hall–Kier alpha value is -2.05. The fourth-order valence-electron chi connectivity index (χ4n) is 4.10. The maximum absolute atomic E-state index is 11.3. The number of ketones is 1. The van der Waals surface area contributed by atoms with Crippen LogP contribution in [0.5, 0.6) is 0 Å². The molecule has 0 aliphatic carbocycles. The van der Waals surface area contributed by atoms with Crippen LogP contribution >= 0.6 is 11.3 Å². The lowest BCUT2D eigenvalue weighted by Crippen LogP contribution is -2.34. The van der Waals surface area contributed by atoms with Crippen LogP contribution < -0.4 is 0 Å². The summed E-state index contributed by atoms with van der Waals surface area (Å²) in [6.07, 6.45) is 6.89. The number of Topliss-reactive ketones (excluding diaryl/α,β-unsaturated/α-hetero) is 1. The van der Waals surface area contributed by atoms with Crippen molar-refractivity contribution in [1.82, 2.24) is 19.4 Å². The standard InChI is InChI=1S/C21H26N4OS/c1-14(26)9-21-22-11-17(27-21)13-25-7-4-5-16(12-25)18-10-20-19(23-15(18)2)6-8-24(20)3/h6,8,10-11,16H,4-5,7,9,12-13H2,1-3H3. The van der Waals surface area contributed by atoms with Crippen molar-refractivity contribution >= 4 is 28.2 Å². The van der Waals surface area contributed by atoms with Crippen LogP contribution in [0.15, 0.2) is 24.5 Å². The van der Waals surface area contributed by atoms with Crippen LogP contribution in [0.3, 0.4) is 0 Å². The molecule has 3 aromatic rings. The van der Waals surface area contributed by atoms with E-state index in [2.05, 4.69) is 46.8 Å². The first-order chi connectivity index (χ1) is 13.0. The van der Waals surface area contributed by atoms with Gasteiger partial charge in [-0.1, -0.05) is 0 Å². The Morgan fingerprint density at radius 1 is 1.41 bits per heavy atom. The second-order valence-electron chi connectivity index (χ2n) is 7.67. The highest BCUT2D eigenvalue weighted by Gasteiger charge is 2.24. The molecule has 1 unspecified atom stereocenters. The lowest BCUT2D eigenvalue weighted by atomic mass is 9.89. The highest BCUT2D eigenvalue weighted by Crippen LogP contribution is 2.31. The van der Waals surface area contributed by atoms with Crippen molar-refractivity contribution in [2.45, 2.75) is 45.6 Å². The summed E-state index contributed by atoms with van der Waals surface area (Å²) in [5.41, 5.74) is 4.83. The van der Waals surface area contributed by atoms with E-state index >= 15 is 0 Å². The van der Waals surface area contributed by atoms with Gasteiger partial charge in [-0.3, -0.25) is 14.7 Å². The number of carbonyl (C=O) groups excluding carboxylic acids is 1. The third-order valence-electron chi connectivity index (χ3n) is 5.42. The van der Waals surface area contributed by atoms with E-state index in [9.17, 15) is 4.79 Å². The summed E-state index contributed by atoms with van der Waals surface area (Å²) < 4.78 is 2.15. The molecule has 5 nitrogen and oxygen atoms in total. The van der Waals surface area contributed by atoms with Gasteiger partial charge < -0.3 is 4.57 Å². The van der Waals surface area contributed by atoms with Gasteiger partial charge in [-0.15, -0.1) is 11.3 Å². The lowest BCUT2D eigenvalue weighted by Gasteiger charge is -2.33. The van der Waals surface area contributed by atoms with Crippen molar-refractivity contribution in [3.63, 3.8) is 0 Å². The number of aryl methyl sites for hydroxylation is 2. The highest BCUT2D eigenvalue weighted by molar-refractivity contribution is 7.11. The van der Waals surface area contributed by atoms with Gasteiger partial charge in [0.05, 0.1) is 17.5 Å². The summed E-state index contributed by atoms with van der Waals surface area (Å²) in [6, 6.07) is 4.42. The van der Waals surface area contributed by atoms with E-state index in [0.717, 1.165) is 35.9 Å². The minimum Gasteiger partial charge on any atom is -0.349 e. The molecule has 0 saturated carbocycles. The Labute approximate surface area is 164 Å². The van der Waals surface area contributed by atoms with Gasteiger partial charge in [0.15, 0.2) is 0 Å². The predicted molar refractivity (Wildman–Crippen MR) is 109 cm³/mol. The number of nitrogens with zero attached hydrogens (tertiary/aromatic N) is 4. The number of piperidine rings is 1. The van der Waals surface area contributed by atoms with Gasteiger partial charge in [0.25, 0.3) is 0 Å². The number of hydrogen-bond acceptors (Lipinski definition) is 5. The van der Waals surface area contributed by atoms with Crippen molar-refractivity contribution in [3.05, 3.63) is 45.7 Å². The van der Waals surface area contributed by atoms with Crippen LogP contribution in [0.4, 0.5) is 0 Å². The molecule has 1 aliphatic heterocycles. The molecule has 4 heterocycles. The van der Waals surface area contributed by atoms with E-state index in [1.54, 1.807) is 18.3 Å². The van der Waals surface area contributed by atoms with Gasteiger partial charge in [-0.25, -0.2) is 4.98 Å². The fraction of sp³-hybridized carbons (Fsp3) is 0.476. The fourth-order valence-corrected chi connectivity index (χ4v) is 5.13. The number of carbonyl (C=O) groups is 1. The summed E-state index contributed by atoms with van der Waals surface area (Å²) in [5, 5.41) is 0.931. The molecule has 0 radical (unpaired) electrons. The number of pyridine rings is 1. The van der Waals surface area contributed by atoms with E-state index in [1.165, 1.54) is 28.8 Å². The molecule has 1 aliphatic rings. The molecule has 3 aromatic heterocycles. The smallest absolute Gasteiger partial charge is 0.136 e. The quantitative estimate of drug-likeness (QED) is 0.673. The molecule has 4 rings (SSSR count). The number of fused-ring (bicyclic) bond motifs is 1. The average Bonchev–Trinajstić information content (AvgIpc) is 3.20. The molecular formula is C21H26N4OS. The number of likely N-dealkylation sites (tertiary alicyclic amines) is 1. The summed E-state index contributed by atoms with van der Waals surface area (Å²) in [4.78, 5) is 24.3. The van der Waals surface area contributed by atoms with Crippen molar-refractivity contribution in [2.75, 3.05) is 13.1 Å². The molecule has 27 heavy (non-hydrogen) atoms. The summed E-state index contributed by atoms with van der Waals surface area (Å²) in [6.45, 7) is 6.85. The average molecular weight is 383 g/mol. The Bertz CT molecular complexity index is 974. The number of thiazole rings is 1. The van der Waals surface area contributed by atoms with Crippen molar-refractivity contribution in [1.29, 1.82) is 0 Å². The second-order valence-corrected chi connectivity index (χ2v) is 8.87. The first-order valence-corrected chi connectivity index (χ1v) is 10.4. The van der Waals surface area contributed by atoms with Gasteiger partial charge in [0, 0.05) is 43.1 Å².